The quantitative estimate of drug-likeness (QED) is 0.796. The Bertz CT molecular complexity index is 673. The van der Waals surface area contributed by atoms with Crippen LogP contribution in [0, 0.1) is 0 Å². The molecule has 2 aromatic carbocycles. The molecule has 1 aliphatic heterocycles. The van der Waals surface area contributed by atoms with Gasteiger partial charge in [0.25, 0.3) is 0 Å². The van der Waals surface area contributed by atoms with Gasteiger partial charge in [0.05, 0.1) is 5.69 Å². The summed E-state index contributed by atoms with van der Waals surface area (Å²) in [7, 11) is 0. The van der Waals surface area contributed by atoms with Crippen molar-refractivity contribution in [1.82, 2.24) is 0 Å². The van der Waals surface area contributed by atoms with Crippen molar-refractivity contribution in [3.8, 4) is 5.75 Å². The Balaban J connectivity index is 1.89. The number of halogens is 1. The number of rotatable bonds is 1. The first-order valence-corrected chi connectivity index (χ1v) is 7.65. The Kier molecular flexibility index (Phi) is 4.20. The molecule has 0 fully saturated rings. The van der Waals surface area contributed by atoms with Crippen LogP contribution < -0.4 is 9.32 Å². The number of phenols is 1. The lowest BCUT2D eigenvalue weighted by atomic mass is 10.1. The minimum absolute atomic E-state index is 0.140. The van der Waals surface area contributed by atoms with E-state index in [1.54, 1.807) is 17.0 Å². The second-order valence-corrected chi connectivity index (χ2v) is 5.66. The number of urea groups is 1. The summed E-state index contributed by atoms with van der Waals surface area (Å²) in [6, 6.07) is 13.9. The van der Waals surface area contributed by atoms with Crippen LogP contribution in [0.1, 0.15) is 18.4 Å². The second-order valence-electron chi connectivity index (χ2n) is 5.32. The Labute approximate surface area is 134 Å². The van der Waals surface area contributed by atoms with E-state index in [-0.39, 0.29) is 11.8 Å². The van der Waals surface area contributed by atoms with Crippen LogP contribution in [0.2, 0.25) is 0 Å². The molecule has 0 saturated carbocycles. The first kappa shape index (κ1) is 14.7. The van der Waals surface area contributed by atoms with E-state index in [0.717, 1.165) is 29.4 Å². The molecule has 0 unspecified atom stereocenters. The number of amides is 2. The molecule has 114 valence electrons. The number of para-hydroxylation sites is 1. The van der Waals surface area contributed by atoms with E-state index in [9.17, 15) is 9.90 Å². The summed E-state index contributed by atoms with van der Waals surface area (Å²) in [5, 5.41) is 9.34. The number of carbonyl (C=O) groups excluding carboxylic acids is 1. The summed E-state index contributed by atoms with van der Waals surface area (Å²) in [6.07, 6.45) is 2.98. The number of anilines is 2. The number of hydrogen-bond donors (Lipinski definition) is 1. The van der Waals surface area contributed by atoms with E-state index < -0.39 is 0 Å². The Morgan fingerprint density at radius 1 is 1.09 bits per heavy atom. The Hall–Kier alpha value is -2.20. The highest BCUT2D eigenvalue weighted by Crippen LogP contribution is 2.29. The SMILES string of the molecule is O=C(N(Cl)c1ccc(O)cc1)N1CCCCc2ccccc21. The van der Waals surface area contributed by atoms with Crippen molar-refractivity contribution in [2.45, 2.75) is 19.3 Å². The maximum atomic E-state index is 12.8. The molecule has 0 bridgehead atoms. The van der Waals surface area contributed by atoms with Crippen molar-refractivity contribution >= 4 is 29.2 Å². The lowest BCUT2D eigenvalue weighted by Gasteiger charge is -2.26. The van der Waals surface area contributed by atoms with Gasteiger partial charge in [-0.1, -0.05) is 18.2 Å². The predicted molar refractivity (Wildman–Crippen MR) is 88.6 cm³/mol. The molecule has 0 saturated heterocycles. The number of hydrogen-bond acceptors (Lipinski definition) is 2. The summed E-state index contributed by atoms with van der Waals surface area (Å²) >= 11 is 6.22. The molecule has 0 spiro atoms. The third-order valence-corrected chi connectivity index (χ3v) is 4.18. The Morgan fingerprint density at radius 2 is 1.82 bits per heavy atom. The number of aryl methyl sites for hydroxylation is 1. The van der Waals surface area contributed by atoms with Crippen LogP contribution in [-0.4, -0.2) is 17.7 Å². The molecule has 3 rings (SSSR count). The highest BCUT2D eigenvalue weighted by atomic mass is 35.5. The standard InChI is InChI=1S/C17H17ClN2O2/c18-20(14-8-10-15(21)11-9-14)17(22)19-12-4-3-6-13-5-1-2-7-16(13)19/h1-2,5,7-11,21H,3-4,6,12H2. The lowest BCUT2D eigenvalue weighted by Crippen LogP contribution is -2.39. The van der Waals surface area contributed by atoms with Gasteiger partial charge < -0.3 is 5.11 Å². The summed E-state index contributed by atoms with van der Waals surface area (Å²) < 4.78 is 1.10. The molecule has 0 radical (unpaired) electrons. The average Bonchev–Trinajstić information content (AvgIpc) is 2.76. The minimum Gasteiger partial charge on any atom is -0.508 e. The summed E-state index contributed by atoms with van der Waals surface area (Å²) in [6.45, 7) is 0.650. The third kappa shape index (κ3) is 2.88. The van der Waals surface area contributed by atoms with Gasteiger partial charge >= 0.3 is 6.03 Å². The Morgan fingerprint density at radius 3 is 2.59 bits per heavy atom. The van der Waals surface area contributed by atoms with Gasteiger partial charge in [0.15, 0.2) is 0 Å². The average molecular weight is 317 g/mol. The lowest BCUT2D eigenvalue weighted by molar-refractivity contribution is 0.254. The fraction of sp³-hybridized carbons (Fsp3) is 0.235. The molecular weight excluding hydrogens is 300 g/mol. The van der Waals surface area contributed by atoms with Crippen LogP contribution in [0.25, 0.3) is 0 Å². The first-order valence-electron chi connectivity index (χ1n) is 7.31. The maximum absolute atomic E-state index is 12.8. The van der Waals surface area contributed by atoms with Gasteiger partial charge in [-0.25, -0.2) is 9.21 Å². The predicted octanol–water partition coefficient (Wildman–Crippen LogP) is 4.32. The van der Waals surface area contributed by atoms with Crippen LogP contribution in [0.15, 0.2) is 48.5 Å². The molecule has 1 aliphatic rings. The van der Waals surface area contributed by atoms with Gasteiger partial charge in [-0.2, -0.15) is 0 Å². The molecule has 1 N–H and O–H groups in total. The molecule has 2 aromatic rings. The molecule has 0 aromatic heterocycles. The topological polar surface area (TPSA) is 43.8 Å². The second kappa shape index (κ2) is 6.28. The smallest absolute Gasteiger partial charge is 0.343 e. The fourth-order valence-electron chi connectivity index (χ4n) is 2.69. The van der Waals surface area contributed by atoms with Crippen molar-refractivity contribution in [1.29, 1.82) is 0 Å². The zero-order valence-corrected chi connectivity index (χ0v) is 12.8. The minimum atomic E-state index is -0.276. The van der Waals surface area contributed by atoms with Gasteiger partial charge in [0.1, 0.15) is 5.75 Å². The molecule has 5 heteroatoms. The summed E-state index contributed by atoms with van der Waals surface area (Å²) in [4.78, 5) is 14.5. The molecule has 0 aliphatic carbocycles. The van der Waals surface area contributed by atoms with Crippen LogP contribution in [0.5, 0.6) is 5.75 Å². The number of benzene rings is 2. The molecule has 1 heterocycles. The van der Waals surface area contributed by atoms with Crippen LogP contribution in [0.4, 0.5) is 16.2 Å². The molecular formula is C17H17ClN2O2. The van der Waals surface area contributed by atoms with Gasteiger partial charge in [0, 0.05) is 24.0 Å². The molecule has 22 heavy (non-hydrogen) atoms. The fourth-order valence-corrected chi connectivity index (χ4v) is 2.89. The van der Waals surface area contributed by atoms with E-state index in [0.29, 0.717) is 12.2 Å². The zero-order chi connectivity index (χ0) is 15.5. The van der Waals surface area contributed by atoms with E-state index in [1.807, 2.05) is 18.2 Å². The van der Waals surface area contributed by atoms with E-state index >= 15 is 0 Å². The van der Waals surface area contributed by atoms with Crippen LogP contribution in [0.3, 0.4) is 0 Å². The summed E-state index contributed by atoms with van der Waals surface area (Å²) in [5.74, 6) is 0.140. The van der Waals surface area contributed by atoms with Crippen molar-refractivity contribution in [3.05, 3.63) is 54.1 Å². The van der Waals surface area contributed by atoms with E-state index in [4.69, 9.17) is 11.8 Å². The first-order chi connectivity index (χ1) is 10.7. The largest absolute Gasteiger partial charge is 0.508 e. The van der Waals surface area contributed by atoms with E-state index in [2.05, 4.69) is 6.07 Å². The highest BCUT2D eigenvalue weighted by molar-refractivity contribution is 6.38. The van der Waals surface area contributed by atoms with Crippen molar-refractivity contribution in [3.63, 3.8) is 0 Å². The summed E-state index contributed by atoms with van der Waals surface area (Å²) in [5.41, 5.74) is 2.63. The van der Waals surface area contributed by atoms with Gasteiger partial charge in [-0.05, 0) is 55.2 Å². The number of phenolic OH excluding ortho intramolecular Hbond substituents is 1. The third-order valence-electron chi connectivity index (χ3n) is 3.84. The number of nitrogens with zero attached hydrogens (tertiary/aromatic N) is 2. The van der Waals surface area contributed by atoms with Gasteiger partial charge in [-0.15, -0.1) is 0 Å². The highest BCUT2D eigenvalue weighted by Gasteiger charge is 2.25. The van der Waals surface area contributed by atoms with E-state index in [1.165, 1.54) is 17.7 Å². The maximum Gasteiger partial charge on any atom is 0.343 e. The zero-order valence-electron chi connectivity index (χ0n) is 12.1. The monoisotopic (exact) mass is 316 g/mol. The number of fused-ring (bicyclic) bond motifs is 1. The van der Waals surface area contributed by atoms with Crippen molar-refractivity contribution in [2.75, 3.05) is 15.9 Å². The molecule has 4 nitrogen and oxygen atoms in total. The van der Waals surface area contributed by atoms with Gasteiger partial charge in [-0.3, -0.25) is 4.90 Å². The normalized spacial score (nSPS) is 14.1. The molecule has 0 atom stereocenters. The van der Waals surface area contributed by atoms with Crippen LogP contribution in [-0.2, 0) is 6.42 Å². The van der Waals surface area contributed by atoms with Gasteiger partial charge in [0.2, 0.25) is 0 Å². The van der Waals surface area contributed by atoms with Crippen LogP contribution >= 0.6 is 11.8 Å². The number of carbonyl (C=O) groups is 1. The van der Waals surface area contributed by atoms with Crippen molar-refractivity contribution in [2.24, 2.45) is 0 Å². The molecule has 2 amide bonds. The van der Waals surface area contributed by atoms with Crippen molar-refractivity contribution < 1.29 is 9.90 Å². The number of aromatic hydroxyl groups is 1.